The highest BCUT2D eigenvalue weighted by Crippen LogP contribution is 2.23. The highest BCUT2D eigenvalue weighted by molar-refractivity contribution is 5.76. The first-order valence-electron chi connectivity index (χ1n) is 8.96. The average Bonchev–Trinajstić information content (AvgIpc) is 3.31. The summed E-state index contributed by atoms with van der Waals surface area (Å²) in [5.74, 6) is 1.02. The van der Waals surface area contributed by atoms with Crippen molar-refractivity contribution < 1.29 is 14.4 Å². The molecule has 0 saturated carbocycles. The SMILES string of the molecule is Cn1nc(CO)c2c1CCN(C(=O)CCc1nc(-c3ccccc3)no1)C2. The van der Waals surface area contributed by atoms with E-state index in [4.69, 9.17) is 4.52 Å². The predicted octanol–water partition coefficient (Wildman–Crippen LogP) is 1.48. The van der Waals surface area contributed by atoms with Gasteiger partial charge in [-0.25, -0.2) is 0 Å². The number of nitrogens with zero attached hydrogens (tertiary/aromatic N) is 5. The number of aromatic nitrogens is 4. The lowest BCUT2D eigenvalue weighted by atomic mass is 10.0. The van der Waals surface area contributed by atoms with Crippen molar-refractivity contribution in [2.75, 3.05) is 6.54 Å². The highest BCUT2D eigenvalue weighted by atomic mass is 16.5. The van der Waals surface area contributed by atoms with Gasteiger partial charge in [-0.3, -0.25) is 9.48 Å². The lowest BCUT2D eigenvalue weighted by Gasteiger charge is -2.27. The second kappa shape index (κ2) is 7.32. The van der Waals surface area contributed by atoms with Gasteiger partial charge in [-0.15, -0.1) is 0 Å². The number of aliphatic hydroxyl groups excluding tert-OH is 1. The summed E-state index contributed by atoms with van der Waals surface area (Å²) >= 11 is 0. The van der Waals surface area contributed by atoms with Crippen molar-refractivity contribution >= 4 is 5.91 Å². The van der Waals surface area contributed by atoms with E-state index in [2.05, 4.69) is 15.2 Å². The number of aliphatic hydroxyl groups is 1. The molecular weight excluding hydrogens is 346 g/mol. The molecule has 1 aromatic carbocycles. The van der Waals surface area contributed by atoms with Gasteiger partial charge in [0, 0.05) is 56.2 Å². The third kappa shape index (κ3) is 3.48. The molecule has 0 atom stereocenters. The zero-order chi connectivity index (χ0) is 18.8. The fourth-order valence-corrected chi connectivity index (χ4v) is 3.44. The summed E-state index contributed by atoms with van der Waals surface area (Å²) in [6.45, 7) is 1.02. The normalized spacial score (nSPS) is 13.6. The lowest BCUT2D eigenvalue weighted by molar-refractivity contribution is -0.132. The summed E-state index contributed by atoms with van der Waals surface area (Å²) in [7, 11) is 1.87. The summed E-state index contributed by atoms with van der Waals surface area (Å²) in [6.07, 6.45) is 1.45. The molecule has 1 aliphatic heterocycles. The number of benzene rings is 1. The number of hydrogen-bond acceptors (Lipinski definition) is 6. The fourth-order valence-electron chi connectivity index (χ4n) is 3.44. The molecule has 27 heavy (non-hydrogen) atoms. The van der Waals surface area contributed by atoms with Crippen LogP contribution in [-0.2, 0) is 37.8 Å². The van der Waals surface area contributed by atoms with Gasteiger partial charge in [-0.1, -0.05) is 35.5 Å². The smallest absolute Gasteiger partial charge is 0.227 e. The van der Waals surface area contributed by atoms with Crippen molar-refractivity contribution in [3.63, 3.8) is 0 Å². The second-order valence-electron chi connectivity index (χ2n) is 6.60. The van der Waals surface area contributed by atoms with Crippen LogP contribution in [-0.4, -0.2) is 42.4 Å². The number of fused-ring (bicyclic) bond motifs is 1. The Kier molecular flexibility index (Phi) is 4.72. The number of aryl methyl sites for hydroxylation is 2. The van der Waals surface area contributed by atoms with Crippen molar-refractivity contribution in [3.05, 3.63) is 53.2 Å². The van der Waals surface area contributed by atoms with Crippen molar-refractivity contribution in [1.82, 2.24) is 24.8 Å². The van der Waals surface area contributed by atoms with Gasteiger partial charge in [0.1, 0.15) is 0 Å². The van der Waals surface area contributed by atoms with E-state index in [9.17, 15) is 9.90 Å². The monoisotopic (exact) mass is 367 g/mol. The van der Waals surface area contributed by atoms with E-state index < -0.39 is 0 Å². The van der Waals surface area contributed by atoms with Gasteiger partial charge in [0.2, 0.25) is 17.6 Å². The molecule has 8 heteroatoms. The molecule has 0 radical (unpaired) electrons. The lowest BCUT2D eigenvalue weighted by Crippen LogP contribution is -2.36. The molecule has 2 aromatic heterocycles. The fraction of sp³-hybridized carbons (Fsp3) is 0.368. The van der Waals surface area contributed by atoms with E-state index in [1.165, 1.54) is 0 Å². The third-order valence-electron chi connectivity index (χ3n) is 4.88. The maximum Gasteiger partial charge on any atom is 0.227 e. The quantitative estimate of drug-likeness (QED) is 0.734. The average molecular weight is 367 g/mol. The molecule has 8 nitrogen and oxygen atoms in total. The molecular formula is C19H21N5O3. The molecule has 0 saturated heterocycles. The topological polar surface area (TPSA) is 97.3 Å². The Hall–Kier alpha value is -3.00. The minimum atomic E-state index is -0.116. The van der Waals surface area contributed by atoms with Crippen LogP contribution >= 0.6 is 0 Å². The predicted molar refractivity (Wildman–Crippen MR) is 96.3 cm³/mol. The molecule has 0 spiro atoms. The molecule has 3 heterocycles. The molecule has 1 amide bonds. The molecule has 0 fully saturated rings. The second-order valence-corrected chi connectivity index (χ2v) is 6.60. The van der Waals surface area contributed by atoms with Gasteiger partial charge in [0.15, 0.2) is 0 Å². The Balaban J connectivity index is 1.38. The number of carbonyl (C=O) groups excluding carboxylic acids is 1. The van der Waals surface area contributed by atoms with Crippen LogP contribution < -0.4 is 0 Å². The van der Waals surface area contributed by atoms with Crippen LogP contribution in [0.15, 0.2) is 34.9 Å². The van der Waals surface area contributed by atoms with Gasteiger partial charge < -0.3 is 14.5 Å². The Bertz CT molecular complexity index is 948. The Morgan fingerprint density at radius 2 is 2.11 bits per heavy atom. The maximum absolute atomic E-state index is 12.6. The number of rotatable bonds is 5. The van der Waals surface area contributed by atoms with E-state index in [0.717, 1.165) is 23.2 Å². The van der Waals surface area contributed by atoms with Crippen molar-refractivity contribution in [2.45, 2.75) is 32.4 Å². The summed E-state index contributed by atoms with van der Waals surface area (Å²) in [6, 6.07) is 9.59. The molecule has 3 aromatic rings. The van der Waals surface area contributed by atoms with Crippen LogP contribution in [0.3, 0.4) is 0 Å². The largest absolute Gasteiger partial charge is 0.390 e. The molecule has 0 aliphatic carbocycles. The van der Waals surface area contributed by atoms with Crippen LogP contribution in [0.1, 0.15) is 29.3 Å². The minimum Gasteiger partial charge on any atom is -0.390 e. The van der Waals surface area contributed by atoms with Gasteiger partial charge >= 0.3 is 0 Å². The van der Waals surface area contributed by atoms with Gasteiger partial charge in [-0.2, -0.15) is 10.1 Å². The number of amides is 1. The van der Waals surface area contributed by atoms with Gasteiger partial charge in [0.05, 0.1) is 12.3 Å². The first-order chi connectivity index (χ1) is 13.2. The highest BCUT2D eigenvalue weighted by Gasteiger charge is 2.26. The molecule has 1 aliphatic rings. The minimum absolute atomic E-state index is 0.0350. The molecule has 140 valence electrons. The van der Waals surface area contributed by atoms with Crippen molar-refractivity contribution in [2.24, 2.45) is 7.05 Å². The Labute approximate surface area is 156 Å². The molecule has 0 unspecified atom stereocenters. The number of carbonyl (C=O) groups is 1. The van der Waals surface area contributed by atoms with Crippen LogP contribution in [0.5, 0.6) is 0 Å². The van der Waals surface area contributed by atoms with Crippen LogP contribution in [0.2, 0.25) is 0 Å². The van der Waals surface area contributed by atoms with E-state index >= 15 is 0 Å². The van der Waals surface area contributed by atoms with Crippen LogP contribution in [0.25, 0.3) is 11.4 Å². The Morgan fingerprint density at radius 3 is 2.89 bits per heavy atom. The summed E-state index contributed by atoms with van der Waals surface area (Å²) < 4.78 is 7.07. The van der Waals surface area contributed by atoms with Crippen molar-refractivity contribution in [3.8, 4) is 11.4 Å². The van der Waals surface area contributed by atoms with Crippen LogP contribution in [0, 0.1) is 0 Å². The molecule has 0 bridgehead atoms. The van der Waals surface area contributed by atoms with Crippen LogP contribution in [0.4, 0.5) is 0 Å². The zero-order valence-corrected chi connectivity index (χ0v) is 15.1. The Morgan fingerprint density at radius 1 is 1.30 bits per heavy atom. The van der Waals surface area contributed by atoms with E-state index in [0.29, 0.717) is 43.3 Å². The maximum atomic E-state index is 12.6. The standard InChI is InChI=1S/C19H21N5O3/c1-23-16-9-10-24(11-14(16)15(12-25)21-23)18(26)8-7-17-20-19(22-27-17)13-5-3-2-4-6-13/h2-6,25H,7-12H2,1H3. The van der Waals surface area contributed by atoms with E-state index in [1.54, 1.807) is 9.58 Å². The summed E-state index contributed by atoms with van der Waals surface area (Å²) in [5, 5.41) is 17.8. The first-order valence-corrected chi connectivity index (χ1v) is 8.96. The number of hydrogen-bond donors (Lipinski definition) is 1. The van der Waals surface area contributed by atoms with E-state index in [1.807, 2.05) is 37.4 Å². The molecule has 4 rings (SSSR count). The first kappa shape index (κ1) is 17.4. The summed E-state index contributed by atoms with van der Waals surface area (Å²) in [5.41, 5.74) is 3.58. The summed E-state index contributed by atoms with van der Waals surface area (Å²) in [4.78, 5) is 18.8. The zero-order valence-electron chi connectivity index (χ0n) is 15.1. The van der Waals surface area contributed by atoms with Gasteiger partial charge in [-0.05, 0) is 0 Å². The van der Waals surface area contributed by atoms with E-state index in [-0.39, 0.29) is 12.5 Å². The van der Waals surface area contributed by atoms with Gasteiger partial charge in [0.25, 0.3) is 0 Å². The molecule has 1 N–H and O–H groups in total. The van der Waals surface area contributed by atoms with Crippen molar-refractivity contribution in [1.29, 1.82) is 0 Å². The third-order valence-corrected chi connectivity index (χ3v) is 4.88.